The summed E-state index contributed by atoms with van der Waals surface area (Å²) in [5, 5.41) is 10.4. The van der Waals surface area contributed by atoms with Crippen molar-refractivity contribution in [3.8, 4) is 0 Å². The maximum absolute atomic E-state index is 12.4. The molecule has 10 atom stereocenters. The Morgan fingerprint density at radius 2 is 1.76 bits per heavy atom. The van der Waals surface area contributed by atoms with Gasteiger partial charge in [0.15, 0.2) is 0 Å². The quantitative estimate of drug-likeness (QED) is 0.433. The van der Waals surface area contributed by atoms with Gasteiger partial charge in [-0.15, -0.1) is 0 Å². The van der Waals surface area contributed by atoms with Gasteiger partial charge in [0, 0.05) is 20.0 Å². The molecule has 4 saturated carbocycles. The van der Waals surface area contributed by atoms with Crippen molar-refractivity contribution < 1.29 is 19.4 Å². The Hall–Kier alpha value is -0.450. The summed E-state index contributed by atoms with van der Waals surface area (Å²) in [5.74, 6) is 4.63. The van der Waals surface area contributed by atoms with Crippen LogP contribution in [0.15, 0.2) is 0 Å². The van der Waals surface area contributed by atoms with Gasteiger partial charge in [0.1, 0.15) is 12.6 Å². The summed E-state index contributed by atoms with van der Waals surface area (Å²) in [6, 6.07) is 0. The molecular weight excluding hydrogens is 412 g/mol. The van der Waals surface area contributed by atoms with Crippen molar-refractivity contribution in [2.75, 3.05) is 13.9 Å². The van der Waals surface area contributed by atoms with Gasteiger partial charge in [-0.05, 0) is 104 Å². The smallest absolute Gasteiger partial charge is 0.146 e. The fourth-order valence-electron chi connectivity index (χ4n) is 9.26. The zero-order valence-electron chi connectivity index (χ0n) is 22.1. The molecule has 0 aromatic carbocycles. The van der Waals surface area contributed by atoms with E-state index in [0.29, 0.717) is 53.5 Å². The molecule has 4 heteroatoms. The van der Waals surface area contributed by atoms with Crippen molar-refractivity contribution in [3.05, 3.63) is 0 Å². The van der Waals surface area contributed by atoms with E-state index in [1.165, 1.54) is 25.7 Å². The van der Waals surface area contributed by atoms with Crippen molar-refractivity contribution in [3.63, 3.8) is 0 Å². The second-order valence-electron chi connectivity index (χ2n) is 13.2. The number of ketones is 1. The number of rotatable bonds is 8. The summed E-state index contributed by atoms with van der Waals surface area (Å²) in [7, 11) is 1.72. The molecule has 0 radical (unpaired) electrons. The van der Waals surface area contributed by atoms with E-state index in [-0.39, 0.29) is 17.6 Å². The van der Waals surface area contributed by atoms with Crippen LogP contribution in [0.5, 0.6) is 0 Å². The molecule has 1 N–H and O–H groups in total. The monoisotopic (exact) mass is 462 g/mol. The molecule has 0 heterocycles. The van der Waals surface area contributed by atoms with Crippen LogP contribution >= 0.6 is 0 Å². The highest BCUT2D eigenvalue weighted by Crippen LogP contribution is 2.68. The van der Waals surface area contributed by atoms with Gasteiger partial charge in [-0.3, -0.25) is 4.79 Å². The zero-order chi connectivity index (χ0) is 24.0. The van der Waals surface area contributed by atoms with Crippen molar-refractivity contribution in [1.82, 2.24) is 0 Å². The number of Topliss-reactive ketones (excluding diaryl/α,β-unsaturated/α-hetero) is 1. The van der Waals surface area contributed by atoms with Crippen LogP contribution in [0.2, 0.25) is 0 Å². The molecule has 0 saturated heterocycles. The third-order valence-electron chi connectivity index (χ3n) is 11.3. The minimum absolute atomic E-state index is 0.177. The fraction of sp³-hybridized carbons (Fsp3) is 0.966. The van der Waals surface area contributed by atoms with Gasteiger partial charge in [-0.2, -0.15) is 0 Å². The van der Waals surface area contributed by atoms with E-state index in [1.807, 2.05) is 0 Å². The Morgan fingerprint density at radius 3 is 2.45 bits per heavy atom. The van der Waals surface area contributed by atoms with E-state index in [2.05, 4.69) is 34.6 Å². The largest absolute Gasteiger partial charge is 0.393 e. The molecular formula is C29H50O4. The minimum Gasteiger partial charge on any atom is -0.393 e. The molecule has 0 spiro atoms. The van der Waals surface area contributed by atoms with Crippen LogP contribution in [-0.2, 0) is 14.3 Å². The van der Waals surface area contributed by atoms with Gasteiger partial charge in [0.05, 0.1) is 12.2 Å². The number of methoxy groups -OCH3 is 1. The summed E-state index contributed by atoms with van der Waals surface area (Å²) in [4.78, 5) is 12.4. The lowest BCUT2D eigenvalue weighted by molar-refractivity contribution is -0.201. The Bertz CT molecular complexity index is 691. The molecule has 3 unspecified atom stereocenters. The van der Waals surface area contributed by atoms with E-state index < -0.39 is 0 Å². The van der Waals surface area contributed by atoms with Crippen molar-refractivity contribution >= 4 is 5.78 Å². The lowest BCUT2D eigenvalue weighted by atomic mass is 9.43. The number of hydrogen-bond donors (Lipinski definition) is 1. The third kappa shape index (κ3) is 4.58. The van der Waals surface area contributed by atoms with E-state index >= 15 is 0 Å². The predicted molar refractivity (Wildman–Crippen MR) is 132 cm³/mol. The Labute approximate surface area is 202 Å². The van der Waals surface area contributed by atoms with Gasteiger partial charge in [0.2, 0.25) is 0 Å². The van der Waals surface area contributed by atoms with Crippen LogP contribution in [0.4, 0.5) is 0 Å². The lowest BCUT2D eigenvalue weighted by Gasteiger charge is -2.62. The molecule has 4 aliphatic rings. The maximum atomic E-state index is 12.4. The molecule has 4 aliphatic carbocycles. The van der Waals surface area contributed by atoms with Gasteiger partial charge in [0.25, 0.3) is 0 Å². The predicted octanol–water partition coefficient (Wildman–Crippen LogP) is 6.25. The van der Waals surface area contributed by atoms with Gasteiger partial charge >= 0.3 is 0 Å². The summed E-state index contributed by atoms with van der Waals surface area (Å²) < 4.78 is 11.8. The second-order valence-corrected chi connectivity index (χ2v) is 13.2. The molecule has 0 aliphatic heterocycles. The molecule has 4 rings (SSSR count). The molecule has 0 aromatic rings. The number of fused-ring (bicyclic) bond motifs is 5. The highest BCUT2D eigenvalue weighted by Gasteiger charge is 2.63. The minimum atomic E-state index is -0.177. The normalized spacial score (nSPS) is 44.8. The third-order valence-corrected chi connectivity index (χ3v) is 11.3. The van der Waals surface area contributed by atoms with Crippen molar-refractivity contribution in [2.45, 2.75) is 111 Å². The van der Waals surface area contributed by atoms with E-state index in [9.17, 15) is 9.90 Å². The molecule has 0 aromatic heterocycles. The molecule has 4 fully saturated rings. The van der Waals surface area contributed by atoms with Crippen LogP contribution in [0.25, 0.3) is 0 Å². The van der Waals surface area contributed by atoms with Gasteiger partial charge < -0.3 is 14.6 Å². The molecule has 0 bridgehead atoms. The average molecular weight is 463 g/mol. The second kappa shape index (κ2) is 9.90. The SMILES string of the molecule is COCO[C@@H]1C[C@H]2CC(=O)CC[C@]2(C)C2CC[C@@]3(C)C(CC[C@@H]3[C@H](C)CC[C@@H](O)C(C)C)C21. The molecule has 0 amide bonds. The van der Waals surface area contributed by atoms with Crippen LogP contribution in [-0.4, -0.2) is 37.0 Å². The number of aliphatic hydroxyl groups is 1. The van der Waals surface area contributed by atoms with Crippen LogP contribution in [0.3, 0.4) is 0 Å². The zero-order valence-corrected chi connectivity index (χ0v) is 22.1. The molecule has 4 nitrogen and oxygen atoms in total. The highest BCUT2D eigenvalue weighted by molar-refractivity contribution is 5.79. The first-order valence-corrected chi connectivity index (χ1v) is 13.9. The number of carbonyl (C=O) groups is 1. The summed E-state index contributed by atoms with van der Waals surface area (Å²) in [6.45, 7) is 12.2. The lowest BCUT2D eigenvalue weighted by Crippen LogP contribution is -2.59. The summed E-state index contributed by atoms with van der Waals surface area (Å²) in [5.41, 5.74) is 0.656. The Morgan fingerprint density at radius 1 is 1.03 bits per heavy atom. The fourth-order valence-corrected chi connectivity index (χ4v) is 9.26. The van der Waals surface area contributed by atoms with E-state index in [0.717, 1.165) is 44.4 Å². The topological polar surface area (TPSA) is 55.8 Å². The number of ether oxygens (including phenoxy) is 2. The van der Waals surface area contributed by atoms with Crippen molar-refractivity contribution in [2.24, 2.45) is 52.3 Å². The summed E-state index contributed by atoms with van der Waals surface area (Å²) >= 11 is 0. The van der Waals surface area contributed by atoms with Gasteiger partial charge in [-0.1, -0.05) is 34.6 Å². The average Bonchev–Trinajstić information content (AvgIpc) is 3.13. The Balaban J connectivity index is 1.55. The summed E-state index contributed by atoms with van der Waals surface area (Å²) in [6.07, 6.45) is 11.0. The van der Waals surface area contributed by atoms with Crippen LogP contribution < -0.4 is 0 Å². The number of carbonyl (C=O) groups excluding carboxylic acids is 1. The van der Waals surface area contributed by atoms with E-state index in [1.54, 1.807) is 7.11 Å². The number of aliphatic hydroxyl groups excluding tert-OH is 1. The van der Waals surface area contributed by atoms with Crippen LogP contribution in [0.1, 0.15) is 98.8 Å². The first kappa shape index (κ1) is 25.6. The first-order chi connectivity index (χ1) is 15.6. The highest BCUT2D eigenvalue weighted by atomic mass is 16.7. The van der Waals surface area contributed by atoms with E-state index in [4.69, 9.17) is 9.47 Å². The Kier molecular flexibility index (Phi) is 7.69. The van der Waals surface area contributed by atoms with Gasteiger partial charge in [-0.25, -0.2) is 0 Å². The van der Waals surface area contributed by atoms with Crippen molar-refractivity contribution in [1.29, 1.82) is 0 Å². The molecule has 33 heavy (non-hydrogen) atoms. The van der Waals surface area contributed by atoms with Crippen LogP contribution in [0, 0.1) is 52.3 Å². The first-order valence-electron chi connectivity index (χ1n) is 13.9. The maximum Gasteiger partial charge on any atom is 0.146 e. The standard InChI is InChI=1S/C29H50O4/c1-18(2)25(31)10-7-19(3)22-8-9-23-27-24(12-14-29(22,23)5)28(4)13-11-21(30)15-20(28)16-26(27)33-17-32-6/h18-20,22-27,31H,7-17H2,1-6H3/t19-,20-,22-,23?,24?,25-,26-,27?,28+,29-/m1/s1. The molecule has 190 valence electrons. The number of hydrogen-bond acceptors (Lipinski definition) is 4.